The van der Waals surface area contributed by atoms with E-state index in [9.17, 15) is 9.59 Å². The molecular weight excluding hydrogens is 455 g/mol. The average Bonchev–Trinajstić information content (AvgIpc) is 3.26. The Morgan fingerprint density at radius 3 is 2.64 bits per heavy atom. The number of aromatic nitrogens is 1. The third-order valence-corrected chi connectivity index (χ3v) is 5.35. The summed E-state index contributed by atoms with van der Waals surface area (Å²) in [6.45, 7) is 7.71. The quantitative estimate of drug-likeness (QED) is 0.343. The van der Waals surface area contributed by atoms with Gasteiger partial charge in [-0.3, -0.25) is 4.90 Å². The Balaban J connectivity index is 2.19. The topological polar surface area (TPSA) is 68.7 Å². The number of amides is 1. The zero-order valence-electron chi connectivity index (χ0n) is 14.9. The summed E-state index contributed by atoms with van der Waals surface area (Å²) in [6, 6.07) is 0. The van der Waals surface area contributed by atoms with Gasteiger partial charge in [0.1, 0.15) is 8.48 Å². The van der Waals surface area contributed by atoms with E-state index in [0.717, 1.165) is 20.7 Å². The summed E-state index contributed by atoms with van der Waals surface area (Å²) in [4.78, 5) is 30.2. The van der Waals surface area contributed by atoms with Gasteiger partial charge in [-0.15, -0.1) is 11.3 Å². The maximum absolute atomic E-state index is 12.6. The van der Waals surface area contributed by atoms with E-state index in [1.54, 1.807) is 24.3 Å². The molecule has 1 aliphatic carbocycles. The largest absolute Gasteiger partial charge is 0.463 e. The Morgan fingerprint density at radius 2 is 2.08 bits per heavy atom. The number of carbonyl (C=O) groups is 2. The number of ether oxygens (including phenoxy) is 2. The second kappa shape index (κ2) is 8.48. The highest BCUT2D eigenvalue weighted by molar-refractivity contribution is 14.1. The zero-order chi connectivity index (χ0) is 18.6. The van der Waals surface area contributed by atoms with Crippen molar-refractivity contribution in [2.45, 2.75) is 52.1 Å². The zero-order valence-corrected chi connectivity index (χ0v) is 17.8. The van der Waals surface area contributed by atoms with Crippen LogP contribution in [-0.2, 0) is 14.3 Å². The van der Waals surface area contributed by atoms with E-state index in [-0.39, 0.29) is 6.54 Å². The van der Waals surface area contributed by atoms with Crippen LogP contribution in [0.5, 0.6) is 0 Å². The fourth-order valence-corrected chi connectivity index (χ4v) is 4.04. The lowest BCUT2D eigenvalue weighted by Crippen LogP contribution is -2.37. The molecule has 0 unspecified atom stereocenters. The molecule has 0 spiro atoms. The molecule has 0 bridgehead atoms. The van der Waals surface area contributed by atoms with Crippen molar-refractivity contribution in [3.63, 3.8) is 0 Å². The van der Waals surface area contributed by atoms with E-state index in [1.165, 1.54) is 11.0 Å². The molecule has 6 nitrogen and oxygen atoms in total. The third-order valence-electron chi connectivity index (χ3n) is 3.21. The highest BCUT2D eigenvalue weighted by Gasteiger charge is 2.31. The van der Waals surface area contributed by atoms with Gasteiger partial charge in [0.05, 0.1) is 11.6 Å². The maximum atomic E-state index is 12.6. The Kier molecular flexibility index (Phi) is 6.84. The van der Waals surface area contributed by atoms with Crippen molar-refractivity contribution in [3.8, 4) is 0 Å². The molecule has 8 heteroatoms. The molecule has 1 amide bonds. The van der Waals surface area contributed by atoms with Crippen molar-refractivity contribution in [1.82, 2.24) is 4.98 Å². The molecule has 0 N–H and O–H groups in total. The van der Waals surface area contributed by atoms with Gasteiger partial charge < -0.3 is 9.47 Å². The first-order valence-electron chi connectivity index (χ1n) is 8.21. The van der Waals surface area contributed by atoms with Crippen molar-refractivity contribution in [3.05, 3.63) is 20.0 Å². The Hall–Kier alpha value is -1.16. The van der Waals surface area contributed by atoms with Crippen LogP contribution >= 0.6 is 33.9 Å². The molecule has 0 aliphatic heterocycles. The molecule has 0 saturated heterocycles. The number of rotatable bonds is 6. The van der Waals surface area contributed by atoms with E-state index in [4.69, 9.17) is 9.47 Å². The number of esters is 1. The number of hydrogen-bond donors (Lipinski definition) is 0. The lowest BCUT2D eigenvalue weighted by Gasteiger charge is -2.25. The minimum absolute atomic E-state index is 0.192. The van der Waals surface area contributed by atoms with Gasteiger partial charge >= 0.3 is 12.1 Å². The van der Waals surface area contributed by atoms with Crippen LogP contribution in [0, 0.1) is 2.88 Å². The molecule has 1 saturated carbocycles. The fourth-order valence-electron chi connectivity index (χ4n) is 1.99. The van der Waals surface area contributed by atoms with Crippen LogP contribution in [0.3, 0.4) is 0 Å². The number of anilines is 1. The minimum Gasteiger partial charge on any atom is -0.463 e. The predicted octanol–water partition coefficient (Wildman–Crippen LogP) is 4.49. The molecule has 138 valence electrons. The molecule has 0 aromatic carbocycles. The summed E-state index contributed by atoms with van der Waals surface area (Å²) >= 11 is 3.80. The van der Waals surface area contributed by atoms with Gasteiger partial charge in [-0.25, -0.2) is 14.6 Å². The fraction of sp³-hybridized carbons (Fsp3) is 0.588. The van der Waals surface area contributed by atoms with Crippen molar-refractivity contribution in [2.75, 3.05) is 18.1 Å². The van der Waals surface area contributed by atoms with Gasteiger partial charge in [0.2, 0.25) is 0 Å². The highest BCUT2D eigenvalue weighted by atomic mass is 127. The van der Waals surface area contributed by atoms with Gasteiger partial charge in [-0.2, -0.15) is 0 Å². The summed E-state index contributed by atoms with van der Waals surface area (Å²) in [5.41, 5.74) is -0.610. The van der Waals surface area contributed by atoms with Crippen molar-refractivity contribution >= 4 is 51.8 Å². The highest BCUT2D eigenvalue weighted by Crippen LogP contribution is 2.44. The number of halogens is 1. The first kappa shape index (κ1) is 20.2. The predicted molar refractivity (Wildman–Crippen MR) is 106 cm³/mol. The Bertz CT molecular complexity index is 662. The van der Waals surface area contributed by atoms with Crippen molar-refractivity contribution < 1.29 is 19.1 Å². The van der Waals surface area contributed by atoms with Gasteiger partial charge in [0, 0.05) is 18.5 Å². The second-order valence-corrected chi connectivity index (χ2v) is 9.51. The number of nitrogens with zero attached hydrogens (tertiary/aromatic N) is 2. The molecule has 1 aliphatic rings. The third kappa shape index (κ3) is 6.25. The smallest absolute Gasteiger partial charge is 0.416 e. The van der Waals surface area contributed by atoms with Crippen LogP contribution in [0.2, 0.25) is 0 Å². The van der Waals surface area contributed by atoms with Crippen LogP contribution in [-0.4, -0.2) is 35.8 Å². The molecule has 0 radical (unpaired) electrons. The van der Waals surface area contributed by atoms with Gasteiger partial charge in [-0.05, 0) is 63.1 Å². The molecule has 1 aromatic heterocycles. The lowest BCUT2D eigenvalue weighted by atomic mass is 10.2. The maximum Gasteiger partial charge on any atom is 0.416 e. The molecule has 1 aromatic rings. The first-order chi connectivity index (χ1) is 11.7. The van der Waals surface area contributed by atoms with E-state index in [0.29, 0.717) is 18.3 Å². The SMILES string of the molecule is CCOC(=O)/C=C/CN(C(=O)OC(C)(C)C)c1nc(C2CC2)sc1I. The van der Waals surface area contributed by atoms with Crippen LogP contribution < -0.4 is 4.90 Å². The number of thiazole rings is 1. The van der Waals surface area contributed by atoms with Crippen LogP contribution in [0.25, 0.3) is 0 Å². The van der Waals surface area contributed by atoms with Crippen molar-refractivity contribution in [2.24, 2.45) is 0 Å². The Labute approximate surface area is 165 Å². The summed E-state index contributed by atoms with van der Waals surface area (Å²) in [5.74, 6) is 0.677. The Morgan fingerprint density at radius 1 is 1.40 bits per heavy atom. The molecular formula is C17H23IN2O4S. The number of hydrogen-bond acceptors (Lipinski definition) is 6. The molecule has 25 heavy (non-hydrogen) atoms. The van der Waals surface area contributed by atoms with E-state index in [1.807, 2.05) is 20.8 Å². The van der Waals surface area contributed by atoms with Crippen molar-refractivity contribution in [1.29, 1.82) is 0 Å². The standard InChI is InChI=1S/C17H23IN2O4S/c1-5-23-12(21)7-6-10-20(16(22)24-17(2,3)4)14-13(18)25-15(19-14)11-8-9-11/h6-7,11H,5,8-10H2,1-4H3/b7-6+. The average molecular weight is 478 g/mol. The van der Waals surface area contributed by atoms with E-state index >= 15 is 0 Å². The van der Waals surface area contributed by atoms with Crippen LogP contribution in [0.1, 0.15) is 51.5 Å². The van der Waals surface area contributed by atoms with Crippen LogP contribution in [0.4, 0.5) is 10.6 Å². The summed E-state index contributed by atoms with van der Waals surface area (Å²) in [7, 11) is 0. The molecule has 2 rings (SSSR count). The summed E-state index contributed by atoms with van der Waals surface area (Å²) in [6.07, 6.45) is 4.73. The van der Waals surface area contributed by atoms with Gasteiger partial charge in [0.25, 0.3) is 0 Å². The summed E-state index contributed by atoms with van der Waals surface area (Å²) < 4.78 is 11.3. The second-order valence-electron chi connectivity index (χ2n) is 6.67. The van der Waals surface area contributed by atoms with Gasteiger partial charge in [-0.1, -0.05) is 6.08 Å². The van der Waals surface area contributed by atoms with E-state index in [2.05, 4.69) is 27.6 Å². The lowest BCUT2D eigenvalue weighted by molar-refractivity contribution is -0.137. The monoisotopic (exact) mass is 478 g/mol. The normalized spacial score (nSPS) is 14.6. The van der Waals surface area contributed by atoms with E-state index < -0.39 is 17.7 Å². The molecule has 1 heterocycles. The van der Waals surface area contributed by atoms with Crippen LogP contribution in [0.15, 0.2) is 12.2 Å². The van der Waals surface area contributed by atoms with Gasteiger partial charge in [0.15, 0.2) is 5.82 Å². The molecule has 1 fully saturated rings. The summed E-state index contributed by atoms with van der Waals surface area (Å²) in [5, 5.41) is 1.06. The minimum atomic E-state index is -0.610. The number of carbonyl (C=O) groups excluding carboxylic acids is 2. The molecule has 0 atom stereocenters. The first-order valence-corrected chi connectivity index (χ1v) is 10.1.